The molecule has 3 rings (SSSR count). The number of ketones is 1. The third-order valence-corrected chi connectivity index (χ3v) is 4.08. The molecule has 0 aliphatic carbocycles. The smallest absolute Gasteiger partial charge is 0.181 e. The van der Waals surface area contributed by atoms with Crippen LogP contribution in [0.25, 0.3) is 0 Å². The molecule has 17 heavy (non-hydrogen) atoms. The van der Waals surface area contributed by atoms with Crippen LogP contribution in [0.4, 0.5) is 0 Å². The highest BCUT2D eigenvalue weighted by Gasteiger charge is 2.44. The summed E-state index contributed by atoms with van der Waals surface area (Å²) in [5.74, 6) is 0.210. The SMILES string of the molecule is Cc1ccccc1C(=O)C1NC1c1cccs1. The van der Waals surface area contributed by atoms with E-state index in [2.05, 4.69) is 11.4 Å². The van der Waals surface area contributed by atoms with Gasteiger partial charge in [0.2, 0.25) is 0 Å². The van der Waals surface area contributed by atoms with Crippen molar-refractivity contribution in [1.29, 1.82) is 0 Å². The van der Waals surface area contributed by atoms with E-state index in [9.17, 15) is 4.79 Å². The molecule has 1 fully saturated rings. The fraction of sp³-hybridized carbons (Fsp3) is 0.214. The third-order valence-electron chi connectivity index (χ3n) is 3.13. The zero-order chi connectivity index (χ0) is 11.8. The molecule has 1 aromatic carbocycles. The Morgan fingerprint density at radius 1 is 1.24 bits per heavy atom. The van der Waals surface area contributed by atoms with Gasteiger partial charge in [-0.15, -0.1) is 11.3 Å². The van der Waals surface area contributed by atoms with Crippen molar-refractivity contribution in [2.75, 3.05) is 0 Å². The number of aryl methyl sites for hydroxylation is 1. The Hall–Kier alpha value is -1.45. The fourth-order valence-electron chi connectivity index (χ4n) is 2.10. The predicted molar refractivity (Wildman–Crippen MR) is 69.5 cm³/mol. The molecule has 0 saturated carbocycles. The average Bonchev–Trinajstić information content (AvgIpc) is 2.95. The summed E-state index contributed by atoms with van der Waals surface area (Å²) in [7, 11) is 0. The average molecular weight is 243 g/mol. The van der Waals surface area contributed by atoms with Gasteiger partial charge in [-0.05, 0) is 23.9 Å². The molecule has 2 atom stereocenters. The number of Topliss-reactive ketones (excluding diaryl/α,β-unsaturated/α-hetero) is 1. The van der Waals surface area contributed by atoms with E-state index in [0.717, 1.165) is 11.1 Å². The van der Waals surface area contributed by atoms with Gasteiger partial charge in [0.1, 0.15) is 0 Å². The van der Waals surface area contributed by atoms with Gasteiger partial charge < -0.3 is 0 Å². The largest absolute Gasteiger partial charge is 0.296 e. The van der Waals surface area contributed by atoms with Crippen molar-refractivity contribution in [1.82, 2.24) is 5.32 Å². The molecule has 86 valence electrons. The van der Waals surface area contributed by atoms with Gasteiger partial charge in [-0.2, -0.15) is 0 Å². The van der Waals surface area contributed by atoms with Gasteiger partial charge in [0.05, 0.1) is 12.1 Å². The second-order valence-corrected chi connectivity index (χ2v) is 5.30. The number of benzene rings is 1. The highest BCUT2D eigenvalue weighted by atomic mass is 32.1. The number of carbonyl (C=O) groups is 1. The van der Waals surface area contributed by atoms with Crippen molar-refractivity contribution < 1.29 is 4.79 Å². The Balaban J connectivity index is 1.80. The quantitative estimate of drug-likeness (QED) is 0.665. The topological polar surface area (TPSA) is 39.0 Å². The van der Waals surface area contributed by atoms with Gasteiger partial charge in [-0.1, -0.05) is 30.3 Å². The maximum Gasteiger partial charge on any atom is 0.181 e. The minimum Gasteiger partial charge on any atom is -0.296 e. The fourth-order valence-corrected chi connectivity index (χ4v) is 2.92. The number of hydrogen-bond acceptors (Lipinski definition) is 3. The second-order valence-electron chi connectivity index (χ2n) is 4.32. The lowest BCUT2D eigenvalue weighted by Gasteiger charge is -2.02. The highest BCUT2D eigenvalue weighted by Crippen LogP contribution is 2.35. The van der Waals surface area contributed by atoms with E-state index in [1.165, 1.54) is 4.88 Å². The molecule has 2 heterocycles. The van der Waals surface area contributed by atoms with E-state index in [1.54, 1.807) is 11.3 Å². The maximum atomic E-state index is 12.3. The Bertz CT molecular complexity index is 547. The van der Waals surface area contributed by atoms with Crippen LogP contribution in [0.2, 0.25) is 0 Å². The van der Waals surface area contributed by atoms with Gasteiger partial charge in [-0.3, -0.25) is 10.1 Å². The molecule has 3 heteroatoms. The first-order valence-corrected chi connectivity index (χ1v) is 6.54. The maximum absolute atomic E-state index is 12.3. The first-order valence-electron chi connectivity index (χ1n) is 5.66. The van der Waals surface area contributed by atoms with E-state index in [1.807, 2.05) is 42.6 Å². The molecule has 1 aromatic heterocycles. The first-order chi connectivity index (χ1) is 8.27. The molecule has 1 N–H and O–H groups in total. The van der Waals surface area contributed by atoms with E-state index in [-0.39, 0.29) is 17.9 Å². The molecule has 2 nitrogen and oxygen atoms in total. The molecule has 1 aliphatic rings. The number of rotatable bonds is 3. The van der Waals surface area contributed by atoms with Gasteiger partial charge in [0.25, 0.3) is 0 Å². The van der Waals surface area contributed by atoms with E-state index < -0.39 is 0 Å². The molecular weight excluding hydrogens is 230 g/mol. The predicted octanol–water partition coefficient (Wildman–Crippen LogP) is 2.95. The van der Waals surface area contributed by atoms with E-state index >= 15 is 0 Å². The van der Waals surface area contributed by atoms with Crippen LogP contribution in [0.5, 0.6) is 0 Å². The third kappa shape index (κ3) is 1.92. The van der Waals surface area contributed by atoms with Gasteiger partial charge in [0.15, 0.2) is 5.78 Å². The normalized spacial score (nSPS) is 22.4. The van der Waals surface area contributed by atoms with Gasteiger partial charge in [-0.25, -0.2) is 0 Å². The molecular formula is C14H13NOS. The summed E-state index contributed by atoms with van der Waals surface area (Å²) in [4.78, 5) is 13.5. The second kappa shape index (κ2) is 4.09. The molecule has 0 radical (unpaired) electrons. The standard InChI is InChI=1S/C14H13NOS/c1-9-5-2-3-6-10(9)14(16)13-12(15-13)11-7-4-8-17-11/h2-8,12-13,15H,1H3. The number of thiophene rings is 1. The minimum absolute atomic E-state index is 0.0326. The lowest BCUT2D eigenvalue weighted by Crippen LogP contribution is -2.11. The van der Waals surface area contributed by atoms with Crippen molar-refractivity contribution in [3.8, 4) is 0 Å². The molecule has 1 aliphatic heterocycles. The summed E-state index contributed by atoms with van der Waals surface area (Å²) in [6, 6.07) is 12.1. The van der Waals surface area contributed by atoms with Gasteiger partial charge >= 0.3 is 0 Å². The van der Waals surface area contributed by atoms with Crippen molar-refractivity contribution in [3.63, 3.8) is 0 Å². The van der Waals surface area contributed by atoms with E-state index in [4.69, 9.17) is 0 Å². The zero-order valence-electron chi connectivity index (χ0n) is 9.51. The number of carbonyl (C=O) groups excluding carboxylic acids is 1. The van der Waals surface area contributed by atoms with Crippen molar-refractivity contribution in [3.05, 3.63) is 57.8 Å². The van der Waals surface area contributed by atoms with Crippen molar-refractivity contribution in [2.45, 2.75) is 19.0 Å². The lowest BCUT2D eigenvalue weighted by molar-refractivity contribution is 0.0987. The Morgan fingerprint density at radius 3 is 2.76 bits per heavy atom. The van der Waals surface area contributed by atoms with Crippen LogP contribution >= 0.6 is 11.3 Å². The van der Waals surface area contributed by atoms with Crippen LogP contribution in [-0.2, 0) is 0 Å². The Kier molecular flexibility index (Phi) is 2.57. The minimum atomic E-state index is -0.0326. The van der Waals surface area contributed by atoms with Crippen molar-refractivity contribution >= 4 is 17.1 Å². The summed E-state index contributed by atoms with van der Waals surface area (Å²) in [5, 5.41) is 5.30. The summed E-state index contributed by atoms with van der Waals surface area (Å²) in [6.07, 6.45) is 0. The van der Waals surface area contributed by atoms with Crippen LogP contribution in [0.1, 0.15) is 26.8 Å². The summed E-state index contributed by atoms with van der Waals surface area (Å²) >= 11 is 1.70. The molecule has 0 amide bonds. The van der Waals surface area contributed by atoms with Crippen LogP contribution in [0.3, 0.4) is 0 Å². The van der Waals surface area contributed by atoms with Crippen molar-refractivity contribution in [2.24, 2.45) is 0 Å². The van der Waals surface area contributed by atoms with Crippen LogP contribution in [0.15, 0.2) is 41.8 Å². The summed E-state index contributed by atoms with van der Waals surface area (Å²) in [6.45, 7) is 1.98. The Labute approximate surface area is 104 Å². The van der Waals surface area contributed by atoms with Gasteiger partial charge in [0, 0.05) is 10.4 Å². The number of hydrogen-bond donors (Lipinski definition) is 1. The molecule has 2 unspecified atom stereocenters. The molecule has 2 aromatic rings. The lowest BCUT2D eigenvalue weighted by atomic mass is 10.0. The number of nitrogens with one attached hydrogen (secondary N) is 1. The van der Waals surface area contributed by atoms with E-state index in [0.29, 0.717) is 0 Å². The zero-order valence-corrected chi connectivity index (χ0v) is 10.3. The Morgan fingerprint density at radius 2 is 2.06 bits per heavy atom. The molecule has 0 bridgehead atoms. The summed E-state index contributed by atoms with van der Waals surface area (Å²) in [5.41, 5.74) is 1.89. The monoisotopic (exact) mass is 243 g/mol. The van der Waals surface area contributed by atoms with Crippen LogP contribution in [0, 0.1) is 6.92 Å². The van der Waals surface area contributed by atoms with Crippen LogP contribution in [-0.4, -0.2) is 11.8 Å². The molecule has 0 spiro atoms. The summed E-state index contributed by atoms with van der Waals surface area (Å²) < 4.78 is 0. The van der Waals surface area contributed by atoms with Crippen LogP contribution < -0.4 is 5.32 Å². The molecule has 1 saturated heterocycles. The first kappa shape index (κ1) is 10.7. The highest BCUT2D eigenvalue weighted by molar-refractivity contribution is 7.10.